The lowest BCUT2D eigenvalue weighted by Crippen LogP contribution is -2.33. The van der Waals surface area contributed by atoms with Gasteiger partial charge in [-0.2, -0.15) is 0 Å². The van der Waals surface area contributed by atoms with Gasteiger partial charge in [-0.1, -0.05) is 20.3 Å². The van der Waals surface area contributed by atoms with Gasteiger partial charge in [0.2, 0.25) is 0 Å². The fourth-order valence-electron chi connectivity index (χ4n) is 2.77. The summed E-state index contributed by atoms with van der Waals surface area (Å²) in [6.45, 7) is 6.80. The quantitative estimate of drug-likeness (QED) is 0.657. The monoisotopic (exact) mass is 213 g/mol. The van der Waals surface area contributed by atoms with Crippen molar-refractivity contribution in [2.75, 3.05) is 20.3 Å². The van der Waals surface area contributed by atoms with E-state index < -0.39 is 0 Å². The molecule has 1 saturated carbocycles. The summed E-state index contributed by atoms with van der Waals surface area (Å²) in [5.74, 6) is 1.83. The van der Waals surface area contributed by atoms with E-state index in [1.54, 1.807) is 7.11 Å². The van der Waals surface area contributed by atoms with Crippen molar-refractivity contribution < 1.29 is 4.74 Å². The third kappa shape index (κ3) is 4.12. The zero-order valence-electron chi connectivity index (χ0n) is 10.6. The second kappa shape index (κ2) is 7.24. The van der Waals surface area contributed by atoms with E-state index in [2.05, 4.69) is 19.2 Å². The van der Waals surface area contributed by atoms with Crippen LogP contribution in [0.25, 0.3) is 0 Å². The molecule has 1 rings (SSSR count). The zero-order valence-corrected chi connectivity index (χ0v) is 10.6. The van der Waals surface area contributed by atoms with Crippen LogP contribution in [-0.2, 0) is 4.74 Å². The largest absolute Gasteiger partial charge is 0.385 e. The summed E-state index contributed by atoms with van der Waals surface area (Å²) in [6.07, 6.45) is 6.58. The molecular weight excluding hydrogens is 186 g/mol. The number of methoxy groups -OCH3 is 1. The summed E-state index contributed by atoms with van der Waals surface area (Å²) < 4.78 is 5.04. The lowest BCUT2D eigenvalue weighted by atomic mass is 9.93. The Morgan fingerprint density at radius 3 is 2.67 bits per heavy atom. The van der Waals surface area contributed by atoms with Crippen LogP contribution < -0.4 is 5.32 Å². The molecule has 0 saturated heterocycles. The summed E-state index contributed by atoms with van der Waals surface area (Å²) in [5.41, 5.74) is 0. The number of hydrogen-bond donors (Lipinski definition) is 1. The fraction of sp³-hybridized carbons (Fsp3) is 1.00. The van der Waals surface area contributed by atoms with Crippen molar-refractivity contribution in [1.82, 2.24) is 5.32 Å². The van der Waals surface area contributed by atoms with Gasteiger partial charge in [-0.25, -0.2) is 0 Å². The molecule has 0 aliphatic heterocycles. The molecule has 15 heavy (non-hydrogen) atoms. The Morgan fingerprint density at radius 2 is 2.07 bits per heavy atom. The van der Waals surface area contributed by atoms with Gasteiger partial charge in [0.05, 0.1) is 0 Å². The molecule has 1 aliphatic carbocycles. The van der Waals surface area contributed by atoms with E-state index in [0.717, 1.165) is 31.0 Å². The number of unbranched alkanes of at least 4 members (excludes halogenated alkanes) is 1. The Balaban J connectivity index is 2.07. The number of nitrogens with one attached hydrogen (secondary N) is 1. The first-order chi connectivity index (χ1) is 7.29. The minimum atomic E-state index is 0.775. The van der Waals surface area contributed by atoms with Crippen molar-refractivity contribution in [3.63, 3.8) is 0 Å². The van der Waals surface area contributed by atoms with E-state index in [1.807, 2.05) is 0 Å². The van der Waals surface area contributed by atoms with E-state index >= 15 is 0 Å². The molecule has 2 heteroatoms. The van der Waals surface area contributed by atoms with E-state index in [4.69, 9.17) is 4.74 Å². The van der Waals surface area contributed by atoms with E-state index in [1.165, 1.54) is 32.1 Å². The molecule has 1 aliphatic rings. The molecule has 90 valence electrons. The van der Waals surface area contributed by atoms with Crippen LogP contribution >= 0.6 is 0 Å². The van der Waals surface area contributed by atoms with Crippen molar-refractivity contribution in [1.29, 1.82) is 0 Å². The molecule has 3 atom stereocenters. The summed E-state index contributed by atoms with van der Waals surface area (Å²) in [6, 6.07) is 0.775. The van der Waals surface area contributed by atoms with Gasteiger partial charge < -0.3 is 10.1 Å². The van der Waals surface area contributed by atoms with Crippen LogP contribution in [0.2, 0.25) is 0 Å². The third-order valence-corrected chi connectivity index (χ3v) is 3.93. The first-order valence-electron chi connectivity index (χ1n) is 6.52. The SMILES string of the molecule is CCC1CCC(NCCCCOC)C1C. The first-order valence-corrected chi connectivity index (χ1v) is 6.52. The van der Waals surface area contributed by atoms with Gasteiger partial charge >= 0.3 is 0 Å². The summed E-state index contributed by atoms with van der Waals surface area (Å²) in [5, 5.41) is 3.70. The third-order valence-electron chi connectivity index (χ3n) is 3.93. The lowest BCUT2D eigenvalue weighted by Gasteiger charge is -2.20. The second-order valence-corrected chi connectivity index (χ2v) is 4.87. The Morgan fingerprint density at radius 1 is 1.27 bits per heavy atom. The highest BCUT2D eigenvalue weighted by atomic mass is 16.5. The van der Waals surface area contributed by atoms with Gasteiger partial charge in [-0.05, 0) is 44.1 Å². The second-order valence-electron chi connectivity index (χ2n) is 4.87. The topological polar surface area (TPSA) is 21.3 Å². The molecule has 1 N–H and O–H groups in total. The molecule has 0 aromatic rings. The Hall–Kier alpha value is -0.0800. The lowest BCUT2D eigenvalue weighted by molar-refractivity contribution is 0.192. The van der Waals surface area contributed by atoms with Crippen LogP contribution in [0.15, 0.2) is 0 Å². The van der Waals surface area contributed by atoms with Gasteiger partial charge in [0.1, 0.15) is 0 Å². The molecule has 3 unspecified atom stereocenters. The fourth-order valence-corrected chi connectivity index (χ4v) is 2.77. The minimum Gasteiger partial charge on any atom is -0.385 e. The van der Waals surface area contributed by atoms with E-state index in [0.29, 0.717) is 0 Å². The molecule has 0 bridgehead atoms. The van der Waals surface area contributed by atoms with Crippen LogP contribution in [0.3, 0.4) is 0 Å². The number of rotatable bonds is 7. The highest BCUT2D eigenvalue weighted by Gasteiger charge is 2.30. The summed E-state index contributed by atoms with van der Waals surface area (Å²) in [7, 11) is 1.78. The highest BCUT2D eigenvalue weighted by molar-refractivity contribution is 4.86. The van der Waals surface area contributed by atoms with Crippen LogP contribution in [0.1, 0.15) is 46.0 Å². The van der Waals surface area contributed by atoms with Gasteiger partial charge in [-0.15, -0.1) is 0 Å². The van der Waals surface area contributed by atoms with Crippen LogP contribution in [0.4, 0.5) is 0 Å². The van der Waals surface area contributed by atoms with Crippen molar-refractivity contribution >= 4 is 0 Å². The maximum atomic E-state index is 5.04. The molecule has 1 fully saturated rings. The molecule has 0 aromatic heterocycles. The van der Waals surface area contributed by atoms with Crippen LogP contribution in [0.5, 0.6) is 0 Å². The first kappa shape index (κ1) is 13.0. The van der Waals surface area contributed by atoms with Crippen molar-refractivity contribution in [3.8, 4) is 0 Å². The predicted molar refractivity (Wildman–Crippen MR) is 65.1 cm³/mol. The molecule has 0 spiro atoms. The van der Waals surface area contributed by atoms with Crippen LogP contribution in [-0.4, -0.2) is 26.3 Å². The Kier molecular flexibility index (Phi) is 6.26. The number of ether oxygens (including phenoxy) is 1. The van der Waals surface area contributed by atoms with Crippen molar-refractivity contribution in [3.05, 3.63) is 0 Å². The summed E-state index contributed by atoms with van der Waals surface area (Å²) in [4.78, 5) is 0. The van der Waals surface area contributed by atoms with Crippen molar-refractivity contribution in [2.24, 2.45) is 11.8 Å². The van der Waals surface area contributed by atoms with Gasteiger partial charge in [0.15, 0.2) is 0 Å². The molecular formula is C13H27NO. The van der Waals surface area contributed by atoms with Crippen LogP contribution in [0, 0.1) is 11.8 Å². The van der Waals surface area contributed by atoms with E-state index in [9.17, 15) is 0 Å². The molecule has 0 aromatic carbocycles. The number of hydrogen-bond acceptors (Lipinski definition) is 2. The highest BCUT2D eigenvalue weighted by Crippen LogP contribution is 2.33. The standard InChI is InChI=1S/C13H27NO/c1-4-12-7-8-13(11(12)2)14-9-5-6-10-15-3/h11-14H,4-10H2,1-3H3. The average molecular weight is 213 g/mol. The Bertz CT molecular complexity index is 161. The normalized spacial score (nSPS) is 31.0. The maximum Gasteiger partial charge on any atom is 0.0462 e. The van der Waals surface area contributed by atoms with Gasteiger partial charge in [0, 0.05) is 19.8 Å². The molecule has 0 amide bonds. The predicted octanol–water partition coefficient (Wildman–Crippen LogP) is 2.83. The molecule has 0 radical (unpaired) electrons. The average Bonchev–Trinajstić information content (AvgIpc) is 2.60. The maximum absolute atomic E-state index is 5.04. The van der Waals surface area contributed by atoms with Gasteiger partial charge in [-0.3, -0.25) is 0 Å². The minimum absolute atomic E-state index is 0.775. The zero-order chi connectivity index (χ0) is 11.1. The smallest absolute Gasteiger partial charge is 0.0462 e. The molecule has 2 nitrogen and oxygen atoms in total. The van der Waals surface area contributed by atoms with Crippen molar-refractivity contribution in [2.45, 2.75) is 52.0 Å². The van der Waals surface area contributed by atoms with Gasteiger partial charge in [0.25, 0.3) is 0 Å². The summed E-state index contributed by atoms with van der Waals surface area (Å²) >= 11 is 0. The molecule has 0 heterocycles. The van der Waals surface area contributed by atoms with E-state index in [-0.39, 0.29) is 0 Å². The Labute approximate surface area is 94.8 Å².